The standard InChI is InChI=1S/C34H22N2S/c1-21-35-30-11-6-12-32-34(30)36(21)31-18-17-24(20-33(31)37-32)22-13-15-23(16-14-22)29-19-25-7-2-3-8-26(25)27-9-4-5-10-28(27)29/h2-20H,1H3. The first kappa shape index (κ1) is 20.8. The average molecular weight is 491 g/mol. The number of imidazole rings is 1. The van der Waals surface area contributed by atoms with Crippen molar-refractivity contribution in [2.45, 2.75) is 16.7 Å². The van der Waals surface area contributed by atoms with Crippen LogP contribution in [0.15, 0.2) is 125 Å². The molecule has 0 aliphatic carbocycles. The quantitative estimate of drug-likeness (QED) is 0.225. The first-order chi connectivity index (χ1) is 18.2. The molecule has 174 valence electrons. The topological polar surface area (TPSA) is 17.8 Å². The van der Waals surface area contributed by atoms with Gasteiger partial charge < -0.3 is 0 Å². The summed E-state index contributed by atoms with van der Waals surface area (Å²) in [5.74, 6) is 1.03. The molecule has 7 aromatic rings. The third kappa shape index (κ3) is 3.11. The van der Waals surface area contributed by atoms with Crippen molar-refractivity contribution >= 4 is 44.3 Å². The molecule has 0 saturated heterocycles. The van der Waals surface area contributed by atoms with Crippen molar-refractivity contribution in [3.63, 3.8) is 0 Å². The number of benzene rings is 6. The van der Waals surface area contributed by atoms with Crippen LogP contribution in [-0.4, -0.2) is 9.55 Å². The van der Waals surface area contributed by atoms with Crippen LogP contribution in [0.25, 0.3) is 60.5 Å². The maximum atomic E-state index is 4.79. The van der Waals surface area contributed by atoms with Crippen LogP contribution in [-0.2, 0) is 0 Å². The lowest BCUT2D eigenvalue weighted by molar-refractivity contribution is 0.963. The molecule has 6 aromatic carbocycles. The Bertz CT molecular complexity index is 2020. The molecule has 0 saturated carbocycles. The fraction of sp³-hybridized carbons (Fsp3) is 0.0294. The zero-order valence-electron chi connectivity index (χ0n) is 20.3. The van der Waals surface area contributed by atoms with Crippen LogP contribution in [0.5, 0.6) is 0 Å². The molecule has 0 unspecified atom stereocenters. The molecule has 1 aromatic heterocycles. The van der Waals surface area contributed by atoms with Gasteiger partial charge in [0.1, 0.15) is 5.82 Å². The normalized spacial score (nSPS) is 12.4. The summed E-state index contributed by atoms with van der Waals surface area (Å²) in [6.45, 7) is 2.09. The molecule has 2 nitrogen and oxygen atoms in total. The molecule has 3 heteroatoms. The van der Waals surface area contributed by atoms with E-state index in [2.05, 4.69) is 127 Å². The van der Waals surface area contributed by atoms with E-state index in [1.54, 1.807) is 0 Å². The number of hydrogen-bond acceptors (Lipinski definition) is 2. The minimum atomic E-state index is 1.03. The molecule has 0 atom stereocenters. The fourth-order valence-corrected chi connectivity index (χ4v) is 6.93. The Morgan fingerprint density at radius 3 is 2.19 bits per heavy atom. The number of fused-ring (bicyclic) bond motifs is 5. The van der Waals surface area contributed by atoms with Gasteiger partial charge in [-0.05, 0) is 81.1 Å². The summed E-state index contributed by atoms with van der Waals surface area (Å²) in [7, 11) is 0. The van der Waals surface area contributed by atoms with Crippen LogP contribution in [0, 0.1) is 6.92 Å². The van der Waals surface area contributed by atoms with Gasteiger partial charge in [-0.1, -0.05) is 96.7 Å². The molecule has 8 rings (SSSR count). The van der Waals surface area contributed by atoms with Gasteiger partial charge in [-0.2, -0.15) is 0 Å². The fourth-order valence-electron chi connectivity index (χ4n) is 5.80. The third-order valence-electron chi connectivity index (χ3n) is 7.53. The van der Waals surface area contributed by atoms with E-state index in [1.807, 2.05) is 11.8 Å². The molecule has 1 aliphatic heterocycles. The number of aryl methyl sites for hydroxylation is 1. The monoisotopic (exact) mass is 490 g/mol. The molecule has 0 amide bonds. The van der Waals surface area contributed by atoms with Crippen molar-refractivity contribution in [1.29, 1.82) is 0 Å². The van der Waals surface area contributed by atoms with Gasteiger partial charge in [0.05, 0.1) is 16.7 Å². The molecule has 0 spiro atoms. The maximum absolute atomic E-state index is 4.79. The second-order valence-electron chi connectivity index (χ2n) is 9.67. The second kappa shape index (κ2) is 7.83. The SMILES string of the molecule is Cc1nc2cccc3c2n1-c1ccc(-c2ccc(-c4cc5ccccc5c5ccccc45)cc2)cc1S3. The van der Waals surface area contributed by atoms with Crippen molar-refractivity contribution in [2.24, 2.45) is 0 Å². The zero-order valence-corrected chi connectivity index (χ0v) is 21.1. The van der Waals surface area contributed by atoms with Crippen LogP contribution in [0.2, 0.25) is 0 Å². The van der Waals surface area contributed by atoms with E-state index >= 15 is 0 Å². The van der Waals surface area contributed by atoms with E-state index in [4.69, 9.17) is 4.98 Å². The summed E-state index contributed by atoms with van der Waals surface area (Å²) in [6, 6.07) is 41.9. The molecular formula is C34H22N2S. The smallest absolute Gasteiger partial charge is 0.111 e. The van der Waals surface area contributed by atoms with E-state index in [-0.39, 0.29) is 0 Å². The Balaban J connectivity index is 1.22. The summed E-state index contributed by atoms with van der Waals surface area (Å²) >= 11 is 1.84. The molecule has 1 aliphatic rings. The van der Waals surface area contributed by atoms with Crippen LogP contribution >= 0.6 is 11.8 Å². The Labute approximate surface area is 219 Å². The number of aromatic nitrogens is 2. The highest BCUT2D eigenvalue weighted by molar-refractivity contribution is 7.99. The molecule has 2 heterocycles. The van der Waals surface area contributed by atoms with Gasteiger partial charge in [-0.3, -0.25) is 4.57 Å². The van der Waals surface area contributed by atoms with Crippen molar-refractivity contribution in [3.05, 3.63) is 121 Å². The van der Waals surface area contributed by atoms with Crippen LogP contribution < -0.4 is 0 Å². The van der Waals surface area contributed by atoms with Crippen LogP contribution in [0.4, 0.5) is 0 Å². The summed E-state index contributed by atoms with van der Waals surface area (Å²) in [5.41, 5.74) is 8.47. The maximum Gasteiger partial charge on any atom is 0.111 e. The number of rotatable bonds is 2. The van der Waals surface area contributed by atoms with Gasteiger partial charge in [0, 0.05) is 9.79 Å². The summed E-state index contributed by atoms with van der Waals surface area (Å²) in [5, 5.41) is 5.17. The predicted octanol–water partition coefficient (Wildman–Crippen LogP) is 9.44. The highest BCUT2D eigenvalue weighted by Crippen LogP contribution is 2.45. The minimum Gasteiger partial charge on any atom is -0.294 e. The van der Waals surface area contributed by atoms with E-state index < -0.39 is 0 Å². The predicted molar refractivity (Wildman–Crippen MR) is 156 cm³/mol. The van der Waals surface area contributed by atoms with E-state index in [1.165, 1.54) is 64.8 Å². The molecule has 0 radical (unpaired) electrons. The van der Waals surface area contributed by atoms with Crippen molar-refractivity contribution in [1.82, 2.24) is 9.55 Å². The van der Waals surface area contributed by atoms with Gasteiger partial charge >= 0.3 is 0 Å². The number of para-hydroxylation sites is 1. The van der Waals surface area contributed by atoms with E-state index in [0.717, 1.165) is 11.3 Å². The summed E-state index contributed by atoms with van der Waals surface area (Å²) in [4.78, 5) is 7.32. The van der Waals surface area contributed by atoms with Crippen molar-refractivity contribution < 1.29 is 0 Å². The number of nitrogens with zero attached hydrogens (tertiary/aromatic N) is 2. The van der Waals surface area contributed by atoms with Gasteiger partial charge in [-0.15, -0.1) is 0 Å². The highest BCUT2D eigenvalue weighted by atomic mass is 32.2. The van der Waals surface area contributed by atoms with Gasteiger partial charge in [0.15, 0.2) is 0 Å². The highest BCUT2D eigenvalue weighted by Gasteiger charge is 2.22. The molecular weight excluding hydrogens is 468 g/mol. The van der Waals surface area contributed by atoms with Crippen LogP contribution in [0.3, 0.4) is 0 Å². The largest absolute Gasteiger partial charge is 0.294 e. The van der Waals surface area contributed by atoms with E-state index in [0.29, 0.717) is 0 Å². The van der Waals surface area contributed by atoms with Crippen molar-refractivity contribution in [3.8, 4) is 27.9 Å². The van der Waals surface area contributed by atoms with E-state index in [9.17, 15) is 0 Å². The first-order valence-electron chi connectivity index (χ1n) is 12.6. The zero-order chi connectivity index (χ0) is 24.5. The average Bonchev–Trinajstić information content (AvgIpc) is 3.30. The van der Waals surface area contributed by atoms with Gasteiger partial charge in [0.25, 0.3) is 0 Å². The Morgan fingerprint density at radius 2 is 1.32 bits per heavy atom. The lowest BCUT2D eigenvalue weighted by Crippen LogP contribution is -2.03. The lowest BCUT2D eigenvalue weighted by Gasteiger charge is -2.20. The lowest BCUT2D eigenvalue weighted by atomic mass is 9.92. The number of hydrogen-bond donors (Lipinski definition) is 0. The summed E-state index contributed by atoms with van der Waals surface area (Å²) < 4.78 is 2.30. The molecule has 0 fully saturated rings. The Hall–Kier alpha value is -4.34. The Morgan fingerprint density at radius 1 is 0.595 bits per heavy atom. The third-order valence-corrected chi connectivity index (χ3v) is 8.62. The first-order valence-corrected chi connectivity index (χ1v) is 13.4. The Kier molecular flexibility index (Phi) is 4.40. The summed E-state index contributed by atoms with van der Waals surface area (Å²) in [6.07, 6.45) is 0. The molecule has 0 bridgehead atoms. The van der Waals surface area contributed by atoms with Crippen LogP contribution in [0.1, 0.15) is 5.82 Å². The molecule has 0 N–H and O–H groups in total. The second-order valence-corrected chi connectivity index (χ2v) is 10.8. The van der Waals surface area contributed by atoms with Gasteiger partial charge in [-0.25, -0.2) is 4.98 Å². The van der Waals surface area contributed by atoms with Crippen molar-refractivity contribution in [2.75, 3.05) is 0 Å². The molecule has 37 heavy (non-hydrogen) atoms. The van der Waals surface area contributed by atoms with Gasteiger partial charge in [0.2, 0.25) is 0 Å². The minimum absolute atomic E-state index is 1.03.